The Labute approximate surface area is 142 Å². The highest BCUT2D eigenvalue weighted by atomic mass is 16.6. The van der Waals surface area contributed by atoms with Crippen LogP contribution in [0.3, 0.4) is 0 Å². The van der Waals surface area contributed by atoms with Crippen molar-refractivity contribution >= 4 is 23.3 Å². The number of carbonyl (C=O) groups is 2. The van der Waals surface area contributed by atoms with Crippen molar-refractivity contribution in [1.29, 1.82) is 5.26 Å². The van der Waals surface area contributed by atoms with Gasteiger partial charge >= 0.3 is 11.9 Å². The number of esters is 1. The number of methoxy groups -OCH3 is 1. The fraction of sp³-hybridized carbons (Fsp3) is 0.250. The molecule has 1 aromatic rings. The highest BCUT2D eigenvalue weighted by Gasteiger charge is 2.42. The van der Waals surface area contributed by atoms with Crippen LogP contribution in [0.25, 0.3) is 0 Å². The van der Waals surface area contributed by atoms with Gasteiger partial charge in [-0.25, -0.2) is 9.79 Å². The zero-order chi connectivity index (χ0) is 18.7. The Morgan fingerprint density at radius 3 is 2.64 bits per heavy atom. The summed E-state index contributed by atoms with van der Waals surface area (Å²) in [4.78, 5) is 38.2. The topological polar surface area (TPSA) is 143 Å². The van der Waals surface area contributed by atoms with Gasteiger partial charge in [-0.3, -0.25) is 14.9 Å². The number of nitro groups is 1. The third-order valence-electron chi connectivity index (χ3n) is 3.86. The van der Waals surface area contributed by atoms with Gasteiger partial charge in [-0.05, 0) is 12.5 Å². The molecule has 0 aromatic heterocycles. The molecule has 1 aliphatic rings. The Morgan fingerprint density at radius 1 is 1.44 bits per heavy atom. The molecular weight excluding hydrogens is 330 g/mol. The number of aliphatic carboxylic acids is 1. The average Bonchev–Trinajstić information content (AvgIpc) is 2.59. The first-order valence-corrected chi connectivity index (χ1v) is 7.06. The molecule has 2 atom stereocenters. The number of non-ortho nitro benzene ring substituents is 1. The van der Waals surface area contributed by atoms with Crippen molar-refractivity contribution in [2.75, 3.05) is 7.11 Å². The van der Waals surface area contributed by atoms with Crippen molar-refractivity contribution < 1.29 is 24.4 Å². The number of ether oxygens (including phenoxy) is 1. The van der Waals surface area contributed by atoms with E-state index < -0.39 is 28.7 Å². The van der Waals surface area contributed by atoms with Crippen LogP contribution in [0.1, 0.15) is 18.4 Å². The molecular formula is C16H13N3O6. The summed E-state index contributed by atoms with van der Waals surface area (Å²) in [6.45, 7) is 1.43. The number of nitriles is 1. The molecule has 0 saturated carbocycles. The lowest BCUT2D eigenvalue weighted by Gasteiger charge is -2.29. The van der Waals surface area contributed by atoms with Gasteiger partial charge in [-0.1, -0.05) is 12.1 Å². The fourth-order valence-corrected chi connectivity index (χ4v) is 2.79. The average molecular weight is 343 g/mol. The highest BCUT2D eigenvalue weighted by Crippen LogP contribution is 2.40. The number of carboxylic acids is 1. The van der Waals surface area contributed by atoms with E-state index in [0.29, 0.717) is 0 Å². The second kappa shape index (κ2) is 6.92. The molecule has 0 bridgehead atoms. The number of nitro benzene ring substituents is 1. The summed E-state index contributed by atoms with van der Waals surface area (Å²) in [7, 11) is 1.09. The van der Waals surface area contributed by atoms with E-state index in [1.54, 1.807) is 6.07 Å². The normalized spacial score (nSPS) is 19.6. The standard InChI is InChI=1S/C16H13N3O6/c1-8-12(15(20)21)13(9-4-3-5-10(6-9)19(23)24)14(16(22)25-2)11(7-17)18-8/h3-6,12-13H,1-2H3,(H,20,21). The number of hydrogen-bond acceptors (Lipinski definition) is 7. The Bertz CT molecular complexity index is 865. The van der Waals surface area contributed by atoms with Gasteiger partial charge in [-0.2, -0.15) is 5.26 Å². The maximum atomic E-state index is 12.2. The Morgan fingerprint density at radius 2 is 2.12 bits per heavy atom. The number of nitrogens with zero attached hydrogens (tertiary/aromatic N) is 3. The number of carbonyl (C=O) groups excluding carboxylic acids is 1. The van der Waals surface area contributed by atoms with E-state index in [4.69, 9.17) is 0 Å². The Kier molecular flexibility index (Phi) is 4.93. The third-order valence-corrected chi connectivity index (χ3v) is 3.86. The van der Waals surface area contributed by atoms with Crippen LogP contribution in [0.4, 0.5) is 5.69 Å². The van der Waals surface area contributed by atoms with Crippen molar-refractivity contribution in [3.8, 4) is 6.07 Å². The van der Waals surface area contributed by atoms with E-state index in [9.17, 15) is 30.1 Å². The van der Waals surface area contributed by atoms with Gasteiger partial charge in [0.1, 0.15) is 12.0 Å². The van der Waals surface area contributed by atoms with E-state index in [0.717, 1.165) is 7.11 Å². The van der Waals surface area contributed by atoms with Gasteiger partial charge in [-0.15, -0.1) is 0 Å². The van der Waals surface area contributed by atoms with Gasteiger partial charge in [0.25, 0.3) is 5.69 Å². The molecule has 0 radical (unpaired) electrons. The van der Waals surface area contributed by atoms with Crippen molar-refractivity contribution in [3.63, 3.8) is 0 Å². The first kappa shape index (κ1) is 17.8. The molecule has 1 aromatic carbocycles. The Hall–Kier alpha value is -3.54. The fourth-order valence-electron chi connectivity index (χ4n) is 2.79. The Balaban J connectivity index is 2.77. The number of rotatable bonds is 4. The number of benzene rings is 1. The largest absolute Gasteiger partial charge is 0.481 e. The maximum absolute atomic E-state index is 12.2. The molecule has 0 aliphatic carbocycles. The molecule has 2 rings (SSSR count). The molecule has 9 heteroatoms. The zero-order valence-corrected chi connectivity index (χ0v) is 13.3. The minimum atomic E-state index is -1.27. The number of carboxylic acid groups (broad SMARTS) is 1. The van der Waals surface area contributed by atoms with Crippen LogP contribution in [0, 0.1) is 27.4 Å². The highest BCUT2D eigenvalue weighted by molar-refractivity contribution is 6.07. The summed E-state index contributed by atoms with van der Waals surface area (Å²) in [5.41, 5.74) is -0.427. The molecule has 1 aliphatic heterocycles. The molecule has 128 valence electrons. The summed E-state index contributed by atoms with van der Waals surface area (Å²) in [5, 5.41) is 29.9. The van der Waals surface area contributed by atoms with Gasteiger partial charge < -0.3 is 9.84 Å². The molecule has 9 nitrogen and oxygen atoms in total. The summed E-state index contributed by atoms with van der Waals surface area (Å²) < 4.78 is 4.67. The summed E-state index contributed by atoms with van der Waals surface area (Å²) >= 11 is 0. The molecule has 25 heavy (non-hydrogen) atoms. The second-order valence-corrected chi connectivity index (χ2v) is 5.26. The molecule has 1 N–H and O–H groups in total. The first-order valence-electron chi connectivity index (χ1n) is 7.06. The summed E-state index contributed by atoms with van der Waals surface area (Å²) in [6.07, 6.45) is 0. The molecule has 2 unspecified atom stereocenters. The summed E-state index contributed by atoms with van der Waals surface area (Å²) in [6, 6.07) is 7.03. The molecule has 1 heterocycles. The van der Waals surface area contributed by atoms with E-state index in [1.807, 2.05) is 0 Å². The molecule has 0 fully saturated rings. The van der Waals surface area contributed by atoms with Crippen LogP contribution in [-0.4, -0.2) is 34.8 Å². The second-order valence-electron chi connectivity index (χ2n) is 5.26. The number of allylic oxidation sites excluding steroid dienone is 1. The van der Waals surface area contributed by atoms with E-state index >= 15 is 0 Å². The SMILES string of the molecule is COC(=O)C1=C(C#N)N=C(C)C(C(=O)O)C1c1cccc([N+](=O)[O-])c1. The van der Waals surface area contributed by atoms with Crippen LogP contribution in [-0.2, 0) is 14.3 Å². The van der Waals surface area contributed by atoms with E-state index in [2.05, 4.69) is 9.73 Å². The molecule has 0 spiro atoms. The van der Waals surface area contributed by atoms with Crippen LogP contribution < -0.4 is 0 Å². The van der Waals surface area contributed by atoms with Crippen molar-refractivity contribution in [3.05, 3.63) is 51.2 Å². The quantitative estimate of drug-likeness (QED) is 0.498. The van der Waals surface area contributed by atoms with Crippen LogP contribution >= 0.6 is 0 Å². The predicted molar refractivity (Wildman–Crippen MR) is 84.7 cm³/mol. The lowest BCUT2D eigenvalue weighted by atomic mass is 9.75. The molecule has 0 saturated heterocycles. The van der Waals surface area contributed by atoms with Crippen molar-refractivity contribution in [1.82, 2.24) is 0 Å². The summed E-state index contributed by atoms with van der Waals surface area (Å²) in [5.74, 6) is -4.56. The van der Waals surface area contributed by atoms with Crippen molar-refractivity contribution in [2.45, 2.75) is 12.8 Å². The minimum Gasteiger partial charge on any atom is -0.481 e. The van der Waals surface area contributed by atoms with Crippen LogP contribution in [0.5, 0.6) is 0 Å². The zero-order valence-electron chi connectivity index (χ0n) is 13.3. The smallest absolute Gasteiger partial charge is 0.337 e. The van der Waals surface area contributed by atoms with Crippen LogP contribution in [0.2, 0.25) is 0 Å². The third kappa shape index (κ3) is 3.23. The van der Waals surface area contributed by atoms with Crippen LogP contribution in [0.15, 0.2) is 40.5 Å². The maximum Gasteiger partial charge on any atom is 0.337 e. The lowest BCUT2D eigenvalue weighted by molar-refractivity contribution is -0.384. The first-order chi connectivity index (χ1) is 11.8. The van der Waals surface area contributed by atoms with Gasteiger partial charge in [0.15, 0.2) is 5.70 Å². The number of hydrogen-bond donors (Lipinski definition) is 1. The lowest BCUT2D eigenvalue weighted by Crippen LogP contribution is -2.35. The van der Waals surface area contributed by atoms with E-state index in [-0.39, 0.29) is 28.2 Å². The van der Waals surface area contributed by atoms with E-state index in [1.165, 1.54) is 31.2 Å². The van der Waals surface area contributed by atoms with Gasteiger partial charge in [0, 0.05) is 23.8 Å². The number of aliphatic imine (C=N–C) groups is 1. The predicted octanol–water partition coefficient (Wildman–Crippen LogP) is 1.80. The van der Waals surface area contributed by atoms with Crippen molar-refractivity contribution in [2.24, 2.45) is 10.9 Å². The minimum absolute atomic E-state index is 0.119. The van der Waals surface area contributed by atoms with Gasteiger partial charge in [0.05, 0.1) is 17.6 Å². The van der Waals surface area contributed by atoms with Gasteiger partial charge in [0.2, 0.25) is 0 Å². The molecule has 0 amide bonds. The monoisotopic (exact) mass is 343 g/mol.